The molecule has 446 valence electrons. The van der Waals surface area contributed by atoms with E-state index in [-0.39, 0.29) is 0 Å². The van der Waals surface area contributed by atoms with Gasteiger partial charge in [-0.1, -0.05) is 224 Å². The van der Waals surface area contributed by atoms with Gasteiger partial charge < -0.3 is 18.0 Å². The average Bonchev–Trinajstić information content (AvgIpc) is 1.56. The molecule has 0 radical (unpaired) electrons. The van der Waals surface area contributed by atoms with Gasteiger partial charge in [-0.25, -0.2) is 29.9 Å². The number of hydrogen-bond acceptors (Lipinski definition) is 8. The van der Waals surface area contributed by atoms with Gasteiger partial charge in [-0.15, -0.1) is 0 Å². The maximum Gasteiger partial charge on any atom is 0.166 e. The van der Waals surface area contributed by atoms with Crippen LogP contribution in [0.3, 0.4) is 0 Å². The third-order valence-corrected chi connectivity index (χ3v) is 19.0. The van der Waals surface area contributed by atoms with Crippen LogP contribution in [0.2, 0.25) is 0 Å². The maximum absolute atomic E-state index is 6.71. The van der Waals surface area contributed by atoms with Crippen LogP contribution in [0.5, 0.6) is 0 Å². The highest BCUT2D eigenvalue weighted by atomic mass is 16.3. The van der Waals surface area contributed by atoms with Crippen molar-refractivity contribution in [2.24, 2.45) is 0 Å². The molecule has 0 amide bonds. The maximum atomic E-state index is 6.71. The molecule has 6 aromatic heterocycles. The monoisotopic (exact) mass is 1230 g/mol. The first-order valence-corrected chi connectivity index (χ1v) is 32.1. The summed E-state index contributed by atoms with van der Waals surface area (Å²) < 4.78 is 18.1. The number of fused-ring (bicyclic) bond motifs is 14. The highest BCUT2D eigenvalue weighted by molar-refractivity contribution is 6.17. The Morgan fingerprint density at radius 1 is 0.198 bits per heavy atom. The minimum atomic E-state index is 0.525. The van der Waals surface area contributed by atoms with Crippen molar-refractivity contribution < 1.29 is 8.83 Å². The molecule has 0 spiro atoms. The summed E-state index contributed by atoms with van der Waals surface area (Å²) in [5.41, 5.74) is 16.5. The van der Waals surface area contributed by atoms with Gasteiger partial charge in [0.1, 0.15) is 22.3 Å². The smallest absolute Gasteiger partial charge is 0.166 e. The molecule has 0 unspecified atom stereocenters. The first kappa shape index (κ1) is 53.5. The molecular formula is C86H50N8O2. The van der Waals surface area contributed by atoms with E-state index in [4.69, 9.17) is 38.7 Å². The van der Waals surface area contributed by atoms with Crippen LogP contribution in [0, 0.1) is 0 Å². The molecule has 10 nitrogen and oxygen atoms in total. The summed E-state index contributed by atoms with van der Waals surface area (Å²) in [5.74, 6) is 3.36. The highest BCUT2D eigenvalue weighted by Crippen LogP contribution is 2.45. The van der Waals surface area contributed by atoms with Gasteiger partial charge in [0.05, 0.1) is 33.4 Å². The minimum absolute atomic E-state index is 0.525. The zero-order chi connectivity index (χ0) is 63.0. The van der Waals surface area contributed by atoms with Crippen molar-refractivity contribution in [1.82, 2.24) is 39.0 Å². The summed E-state index contributed by atoms with van der Waals surface area (Å²) in [7, 11) is 0. The van der Waals surface area contributed by atoms with Crippen molar-refractivity contribution in [2.45, 2.75) is 0 Å². The molecule has 0 aliphatic heterocycles. The first-order chi connectivity index (χ1) is 47.5. The van der Waals surface area contributed by atoms with Crippen molar-refractivity contribution >= 4 is 109 Å². The van der Waals surface area contributed by atoms with Crippen LogP contribution in [-0.4, -0.2) is 39.0 Å². The number of nitrogens with zero attached hydrogens (tertiary/aromatic N) is 8. The summed E-state index contributed by atoms with van der Waals surface area (Å²) in [4.78, 5) is 31.9. The van der Waals surface area contributed by atoms with Crippen LogP contribution in [0.4, 0.5) is 0 Å². The first-order valence-electron chi connectivity index (χ1n) is 32.1. The molecule has 0 aliphatic carbocycles. The van der Waals surface area contributed by atoms with Crippen LogP contribution in [0.25, 0.3) is 200 Å². The van der Waals surface area contributed by atoms with E-state index in [0.717, 1.165) is 160 Å². The van der Waals surface area contributed by atoms with Crippen molar-refractivity contribution in [3.8, 4) is 90.8 Å². The van der Waals surface area contributed by atoms with E-state index in [1.807, 2.05) is 103 Å². The van der Waals surface area contributed by atoms with E-state index in [9.17, 15) is 0 Å². The second-order valence-corrected chi connectivity index (χ2v) is 24.6. The largest absolute Gasteiger partial charge is 0.456 e. The Kier molecular flexibility index (Phi) is 11.8. The summed E-state index contributed by atoms with van der Waals surface area (Å²) >= 11 is 0. The Bertz CT molecular complexity index is 6510. The lowest BCUT2D eigenvalue weighted by molar-refractivity contribution is 0.668. The number of furan rings is 2. The molecule has 0 aliphatic rings. The fourth-order valence-corrected chi connectivity index (χ4v) is 14.4. The molecule has 96 heavy (non-hydrogen) atoms. The third kappa shape index (κ3) is 8.59. The molecule has 0 N–H and O–H groups in total. The Balaban J connectivity index is 0.741. The minimum Gasteiger partial charge on any atom is -0.456 e. The second kappa shape index (κ2) is 21.2. The highest BCUT2D eigenvalue weighted by Gasteiger charge is 2.26. The Labute approximate surface area is 548 Å². The number of aromatic nitrogens is 8. The van der Waals surface area contributed by atoms with Crippen LogP contribution in [0.1, 0.15) is 0 Å². The lowest BCUT2D eigenvalue weighted by atomic mass is 9.99. The lowest BCUT2D eigenvalue weighted by Crippen LogP contribution is -2.04. The summed E-state index contributed by atoms with van der Waals surface area (Å²) in [6.45, 7) is 0. The summed E-state index contributed by atoms with van der Waals surface area (Å²) in [6, 6.07) is 106. The van der Waals surface area contributed by atoms with Crippen molar-refractivity contribution in [2.75, 3.05) is 0 Å². The summed E-state index contributed by atoms with van der Waals surface area (Å²) in [5, 5.41) is 13.1. The van der Waals surface area contributed by atoms with E-state index in [2.05, 4.69) is 209 Å². The van der Waals surface area contributed by atoms with Crippen LogP contribution < -0.4 is 0 Å². The molecule has 20 rings (SSSR count). The van der Waals surface area contributed by atoms with E-state index < -0.39 is 0 Å². The van der Waals surface area contributed by atoms with E-state index in [1.165, 1.54) is 5.39 Å². The van der Waals surface area contributed by atoms with E-state index in [1.54, 1.807) is 0 Å². The number of hydrogen-bond donors (Lipinski definition) is 0. The van der Waals surface area contributed by atoms with Gasteiger partial charge in [-0.05, 0) is 105 Å². The van der Waals surface area contributed by atoms with Crippen LogP contribution in [0.15, 0.2) is 312 Å². The predicted octanol–water partition coefficient (Wildman–Crippen LogP) is 22.0. The van der Waals surface area contributed by atoms with Crippen molar-refractivity contribution in [3.63, 3.8) is 0 Å². The third-order valence-electron chi connectivity index (χ3n) is 19.0. The van der Waals surface area contributed by atoms with Gasteiger partial charge in [-0.3, -0.25) is 0 Å². The predicted molar refractivity (Wildman–Crippen MR) is 390 cm³/mol. The number of para-hydroxylation sites is 4. The number of benzene rings is 14. The molecular weight excluding hydrogens is 1180 g/mol. The van der Waals surface area contributed by atoms with E-state index >= 15 is 0 Å². The standard InChI is InChI=1S/C86H50N8O2/c1-4-20-52(21-5-1)81-87-82(53-22-6-2-7-23-53)90-85(89-81)69-47-67-63-30-14-18-34-77(63)96-80(67)50-76(69)94-72-33-17-13-29-62(72)66-44-59-41-40-58(42-60(59)46-74(66)94)51-36-38-55(39-37-51)84-88-83(54-24-8-3-9-25-54)91-86(92-84)70-49-79-68(64-31-15-19-35-78(64)95-79)48-75(70)93-71-32-16-12-28-61(71)65-43-56-26-10-11-27-57(56)45-73(65)93/h1-50H. The zero-order valence-electron chi connectivity index (χ0n) is 51.3. The average molecular weight is 1230 g/mol. The Morgan fingerprint density at radius 2 is 0.573 bits per heavy atom. The van der Waals surface area contributed by atoms with Gasteiger partial charge in [0.15, 0.2) is 34.9 Å². The Morgan fingerprint density at radius 3 is 1.11 bits per heavy atom. The Hall–Kier alpha value is -13.2. The lowest BCUT2D eigenvalue weighted by Gasteiger charge is -2.15. The molecule has 0 fully saturated rings. The molecule has 6 heterocycles. The van der Waals surface area contributed by atoms with E-state index in [0.29, 0.717) is 34.9 Å². The quantitative estimate of drug-likeness (QED) is 0.140. The molecule has 0 saturated heterocycles. The van der Waals surface area contributed by atoms with Gasteiger partial charge in [0, 0.05) is 82.5 Å². The van der Waals surface area contributed by atoms with Gasteiger partial charge in [0.25, 0.3) is 0 Å². The molecule has 14 aromatic carbocycles. The van der Waals surface area contributed by atoms with Crippen molar-refractivity contribution in [3.05, 3.63) is 303 Å². The topological polar surface area (TPSA) is 113 Å². The molecule has 0 atom stereocenters. The van der Waals surface area contributed by atoms with Gasteiger partial charge in [0.2, 0.25) is 0 Å². The fraction of sp³-hybridized carbons (Fsp3) is 0. The molecule has 0 bridgehead atoms. The normalized spacial score (nSPS) is 12.0. The molecule has 10 heteroatoms. The second-order valence-electron chi connectivity index (χ2n) is 24.6. The summed E-state index contributed by atoms with van der Waals surface area (Å²) in [6.07, 6.45) is 0. The SMILES string of the molecule is c1ccc(-c2nc(-c3ccccc3)nc(-c3cc4c(cc3-n3c5ccccc5c5cc6ccc(-c7ccc(-c8nc(-c9ccccc9)nc(-c9cc%10oc%11ccccc%11c%10cc9-n9c%10ccccc%10c%10cc%11ccccc%11cc%109)n8)cc7)cc6cc53)oc3ccccc34)n2)cc1. The molecule has 20 aromatic rings. The van der Waals surface area contributed by atoms with Crippen molar-refractivity contribution in [1.29, 1.82) is 0 Å². The van der Waals surface area contributed by atoms with Crippen LogP contribution in [-0.2, 0) is 0 Å². The zero-order valence-corrected chi connectivity index (χ0v) is 51.3. The molecule has 0 saturated carbocycles. The number of rotatable bonds is 9. The van der Waals surface area contributed by atoms with Crippen LogP contribution >= 0.6 is 0 Å². The van der Waals surface area contributed by atoms with Gasteiger partial charge in [-0.2, -0.15) is 0 Å². The fourth-order valence-electron chi connectivity index (χ4n) is 14.4. The van der Waals surface area contributed by atoms with Gasteiger partial charge >= 0.3 is 0 Å².